The first kappa shape index (κ1) is 110. The van der Waals surface area contributed by atoms with Crippen LogP contribution in [0.5, 0.6) is 23.0 Å². The van der Waals surface area contributed by atoms with E-state index in [1.165, 1.54) is 64.9 Å². The summed E-state index contributed by atoms with van der Waals surface area (Å²) in [5.41, 5.74) is 1.78. The number of rotatable bonds is 30. The Labute approximate surface area is 748 Å². The molecule has 6 aromatic rings. The van der Waals surface area contributed by atoms with Gasteiger partial charge < -0.3 is 36.4 Å². The molecule has 0 aromatic heterocycles. The molecule has 592 valence electrons. The fraction of sp³-hybridized carbons (Fsp3) is 0.320. The van der Waals surface area contributed by atoms with Crippen molar-refractivity contribution in [3.8, 4) is 47.2 Å². The van der Waals surface area contributed by atoms with Gasteiger partial charge in [-0.2, -0.15) is 52.3 Å². The molecule has 0 aliphatic heterocycles. The number of carbonyl (C=O) groups is 3. The van der Waals surface area contributed by atoms with Crippen LogP contribution in [-0.4, -0.2) is 114 Å². The minimum absolute atomic E-state index is 0. The zero-order chi connectivity index (χ0) is 83.4. The van der Waals surface area contributed by atoms with Gasteiger partial charge in [0.05, 0.1) is 27.3 Å². The average molecular weight is 1840 g/mol. The van der Waals surface area contributed by atoms with Crippen molar-refractivity contribution in [2.45, 2.75) is 122 Å². The Morgan fingerprint density at radius 3 is 1.25 bits per heavy atom. The summed E-state index contributed by atoms with van der Waals surface area (Å²) in [4.78, 5) is 33.9. The number of sulfone groups is 1. The van der Waals surface area contributed by atoms with Crippen LogP contribution in [0.3, 0.4) is 0 Å². The number of terminal acetylenes is 1. The molecule has 0 atom stereocenters. The normalized spacial score (nSPS) is 10.7. The number of phenolic OH excluding ortho intramolecular Hbond substituents is 3. The van der Waals surface area contributed by atoms with Crippen molar-refractivity contribution in [3.63, 3.8) is 0 Å². The predicted molar refractivity (Wildman–Crippen MR) is 378 cm³/mol. The van der Waals surface area contributed by atoms with E-state index >= 15 is 0 Å². The van der Waals surface area contributed by atoms with Crippen molar-refractivity contribution in [2.24, 2.45) is 0 Å². The van der Waals surface area contributed by atoms with Crippen LogP contribution in [0.15, 0.2) is 172 Å². The number of phenols is 3. The van der Waals surface area contributed by atoms with Crippen molar-refractivity contribution >= 4 is 39.0 Å². The van der Waals surface area contributed by atoms with Crippen LogP contribution in [-0.2, 0) is 93.0 Å². The molecule has 109 heavy (non-hydrogen) atoms. The maximum absolute atomic E-state index is 12.8. The number of aldehydes is 2. The van der Waals surface area contributed by atoms with Gasteiger partial charge in [-0.25, -0.2) is 17.3 Å². The fourth-order valence-corrected chi connectivity index (χ4v) is 7.95. The zero-order valence-corrected chi connectivity index (χ0v) is 75.2. The molecule has 0 aliphatic carbocycles. The maximum Gasteiger partial charge on any atom is 1.00 e. The molecule has 6 aromatic carbocycles. The third-order valence-electron chi connectivity index (χ3n) is 12.4. The van der Waals surface area contributed by atoms with Crippen LogP contribution in [0.2, 0.25) is 0 Å². The maximum atomic E-state index is 12.8. The van der Waals surface area contributed by atoms with Gasteiger partial charge in [0.25, 0.3) is 6.47 Å². The first-order chi connectivity index (χ1) is 50.5. The van der Waals surface area contributed by atoms with Crippen LogP contribution in [0.25, 0.3) is 0 Å². The van der Waals surface area contributed by atoms with Crippen LogP contribution < -0.4 is 148 Å². The largest absolute Gasteiger partial charge is 1.00 e. The summed E-state index contributed by atoms with van der Waals surface area (Å²) in [6.07, 6.45) is 3.60. The van der Waals surface area contributed by atoms with E-state index in [0.717, 1.165) is 79.2 Å². The number of aromatic hydroxyl groups is 3. The Bertz CT molecular complexity index is 3910. The predicted octanol–water partition coefficient (Wildman–Crippen LogP) is 10.6. The minimum atomic E-state index is -5.62. The zero-order valence-electron chi connectivity index (χ0n) is 63.0. The number of benzene rings is 6. The van der Waals surface area contributed by atoms with Gasteiger partial charge in [0.15, 0.2) is 12.6 Å². The Kier molecular flexibility index (Phi) is 60.3. The number of ether oxygens (including phenoxy) is 4. The molecule has 0 heterocycles. The first-order valence-electron chi connectivity index (χ1n) is 31.5. The Balaban J connectivity index is -0.000000321. The second kappa shape index (κ2) is 60.0. The summed E-state index contributed by atoms with van der Waals surface area (Å²) in [7, 11) is -11.5. The van der Waals surface area contributed by atoms with Crippen molar-refractivity contribution < 1.29 is 277 Å². The number of halogens is 13. The third kappa shape index (κ3) is 48.1. The Morgan fingerprint density at radius 2 is 0.908 bits per heavy atom. The van der Waals surface area contributed by atoms with Gasteiger partial charge in [-0.1, -0.05) is 135 Å². The smallest absolute Gasteiger partial charge is 1.00 e. The van der Waals surface area contributed by atoms with Gasteiger partial charge in [-0.3, -0.25) is 23.5 Å². The van der Waals surface area contributed by atoms with Crippen molar-refractivity contribution in [2.75, 3.05) is 33.4 Å². The van der Waals surface area contributed by atoms with E-state index in [-0.39, 0.29) is 182 Å². The number of hydrogen-bond acceptors (Lipinski definition) is 17. The molecule has 0 spiro atoms. The molecular weight excluding hydrogens is 1750 g/mol. The van der Waals surface area contributed by atoms with Gasteiger partial charge in [-0.15, -0.1) is 59.3 Å². The monoisotopic (exact) mass is 1840 g/mol. The van der Waals surface area contributed by atoms with Crippen molar-refractivity contribution in [1.29, 1.82) is 0 Å². The molecule has 17 nitrogen and oxygen atoms in total. The van der Waals surface area contributed by atoms with Crippen molar-refractivity contribution in [3.05, 3.63) is 239 Å². The summed E-state index contributed by atoms with van der Waals surface area (Å²) in [6.45, 7) is 20.6. The number of alkyl halides is 13. The van der Waals surface area contributed by atoms with Crippen LogP contribution in [0, 0.1) is 24.2 Å². The Morgan fingerprint density at radius 1 is 0.550 bits per heavy atom. The third-order valence-corrected chi connectivity index (χ3v) is 14.2. The molecule has 0 unspecified atom stereocenters. The minimum Gasteiger partial charge on any atom is -1.00 e. The molecule has 0 saturated heterocycles. The molecule has 0 fully saturated rings. The van der Waals surface area contributed by atoms with Crippen LogP contribution in [0.4, 0.5) is 57.1 Å². The number of hydrogen-bond donors (Lipinski definition) is 3. The van der Waals surface area contributed by atoms with E-state index in [2.05, 4.69) is 159 Å². The summed E-state index contributed by atoms with van der Waals surface area (Å²) < 4.78 is 219. The van der Waals surface area contributed by atoms with Gasteiger partial charge in [0.2, 0.25) is 16.6 Å². The fourth-order valence-electron chi connectivity index (χ4n) is 7.64. The SMILES string of the molecule is C#CC.C=CCc1ccc(Cc2cc(Cc3cccc(CC=C)c3)cc(Cc3ccc(CC=C)cc3)c2C=O)cc1.C=CCc1ccc(OCOS(=O)(=O)C(F)(F)F)cc1.CC#CC.CCCOC(F)(F)OC(F)(F)C(F)(F)OCCC.CS(=O)(=O)C(F)(F)F.O=CO[O-].O=Cc1c(O)cc(O)cc1O.[2H]CF.[Cs+].[Cs+].[H-]. The molecule has 3 N–H and O–H groups in total. The topological polar surface area (TPSA) is 259 Å². The van der Waals surface area contributed by atoms with E-state index in [4.69, 9.17) is 31.5 Å². The quantitative estimate of drug-likeness (QED) is 0.00436. The average Bonchev–Trinajstić information content (AvgIpc) is 0.806. The van der Waals surface area contributed by atoms with E-state index < -0.39 is 88.1 Å². The van der Waals surface area contributed by atoms with E-state index in [1.807, 2.05) is 32.1 Å². The van der Waals surface area contributed by atoms with Gasteiger partial charge in [0.1, 0.15) is 23.0 Å². The summed E-state index contributed by atoms with van der Waals surface area (Å²) in [5, 5.41) is 35.1. The van der Waals surface area contributed by atoms with E-state index in [9.17, 15) is 83.5 Å². The second-order valence-electron chi connectivity index (χ2n) is 20.8. The van der Waals surface area contributed by atoms with E-state index in [0.29, 0.717) is 12.7 Å². The standard InChI is InChI=1S/C37H36O.C11H11F3O4S.C9H14F6O3.C7H6O4.C4H6.C3H4.C2H3F3O2S.CH3F.CH2O3.2Cs.H/c1-4-8-28-13-17-31(18-14-28)23-35-25-34(22-33-12-7-11-30(21-33)10-6-3)26-36(37(35)27-38)24-32-19-15-29(9-5-2)16-20-32;1-2-3-9-4-6-10(7-5-9)17-8-18-19(15,16)11(12,13)14;1-3-5-16-7(10,11)8(12,13)18-9(14,15)17-6-4-2;8-3-5-6(10)1-4(9)2-7(5)11;1-3-4-2;1-3-2;1-8(6,7)2(3,4)5;1-2;2-1-4-3;;;/h4-7,11-21,25-27H,1-3,8-10,22-24H2;2,4-7H,1,3,8H2;3-6H2,1-2H3;1-3,9-11H;1-2H3;1H,2H3;1H3;1H3;1,3H;;;/q;;;;;;;;;2*+1;-1/p-1/i;;;;;;;1D;;;;. The Hall–Kier alpha value is -5.70. The van der Waals surface area contributed by atoms with Crippen LogP contribution in [0.1, 0.15) is 127 Å². The number of allylic oxidation sites excluding steroid dienone is 4. The molecule has 0 bridgehead atoms. The molecular formula is C75H85Cs2F13O17S2. The van der Waals surface area contributed by atoms with Crippen LogP contribution >= 0.6 is 0 Å². The molecule has 34 heteroatoms. The van der Waals surface area contributed by atoms with Gasteiger partial charge >= 0.3 is 177 Å². The van der Waals surface area contributed by atoms with E-state index in [1.54, 1.807) is 25.1 Å². The summed E-state index contributed by atoms with van der Waals surface area (Å²) in [6, 6.07) is 38.7. The second-order valence-corrected chi connectivity index (χ2v) is 24.4. The molecule has 0 radical (unpaired) electrons. The van der Waals surface area contributed by atoms with Crippen molar-refractivity contribution in [1.82, 2.24) is 0 Å². The molecule has 6 rings (SSSR count). The molecule has 0 amide bonds. The first-order valence-corrected chi connectivity index (χ1v) is 34.1. The summed E-state index contributed by atoms with van der Waals surface area (Å²) in [5.74, 6) is 6.66. The summed E-state index contributed by atoms with van der Waals surface area (Å²) >= 11 is 0. The van der Waals surface area contributed by atoms with Gasteiger partial charge in [-0.05, 0) is 146 Å². The number of carbonyl (C=O) groups excluding carboxylic acids is 3. The molecule has 0 saturated carbocycles. The van der Waals surface area contributed by atoms with Gasteiger partial charge in [0, 0.05) is 24.0 Å². The molecule has 0 aliphatic rings.